The lowest BCUT2D eigenvalue weighted by molar-refractivity contribution is 0.186. The summed E-state index contributed by atoms with van der Waals surface area (Å²) in [4.78, 5) is 8.80. The molecule has 5 heteroatoms. The van der Waals surface area contributed by atoms with Crippen molar-refractivity contribution < 1.29 is 4.74 Å². The number of pyridine rings is 2. The van der Waals surface area contributed by atoms with E-state index in [-0.39, 0.29) is 0 Å². The predicted molar refractivity (Wildman–Crippen MR) is 79.0 cm³/mol. The Balaban J connectivity index is 2.21. The summed E-state index contributed by atoms with van der Waals surface area (Å²) in [7, 11) is 1.67. The number of hydrogen-bond donors (Lipinski definition) is 0. The van der Waals surface area contributed by atoms with Crippen LogP contribution in [-0.4, -0.2) is 21.6 Å². The Labute approximate surface area is 122 Å². The van der Waals surface area contributed by atoms with Gasteiger partial charge in [-0.1, -0.05) is 0 Å². The number of fused-ring (bicyclic) bond motifs is 1. The summed E-state index contributed by atoms with van der Waals surface area (Å²) in [6, 6.07) is 7.94. The molecule has 3 rings (SSSR count). The minimum absolute atomic E-state index is 0.518. The molecule has 0 radical (unpaired) electrons. The van der Waals surface area contributed by atoms with Crippen molar-refractivity contribution in [1.82, 2.24) is 14.5 Å². The van der Waals surface area contributed by atoms with E-state index in [1.807, 2.05) is 35.9 Å². The Morgan fingerprint density at radius 3 is 2.95 bits per heavy atom. The number of ether oxygens (including phenoxy) is 1. The van der Waals surface area contributed by atoms with E-state index in [0.717, 1.165) is 28.0 Å². The maximum Gasteiger partial charge on any atom is 0.145 e. The van der Waals surface area contributed by atoms with Gasteiger partial charge in [0.25, 0.3) is 0 Å². The van der Waals surface area contributed by atoms with Crippen LogP contribution in [0.3, 0.4) is 0 Å². The van der Waals surface area contributed by atoms with Crippen LogP contribution in [0.4, 0.5) is 0 Å². The second-order valence-corrected chi connectivity index (χ2v) is 4.80. The minimum Gasteiger partial charge on any atom is -0.380 e. The van der Waals surface area contributed by atoms with Crippen LogP contribution in [0.5, 0.6) is 0 Å². The number of methoxy groups -OCH3 is 1. The largest absolute Gasteiger partial charge is 0.380 e. The lowest BCUT2D eigenvalue weighted by atomic mass is 10.2. The van der Waals surface area contributed by atoms with E-state index in [0.29, 0.717) is 12.2 Å². The average Bonchev–Trinajstić information content (AvgIpc) is 2.87. The van der Waals surface area contributed by atoms with Gasteiger partial charge in [0.05, 0.1) is 12.2 Å². The van der Waals surface area contributed by atoms with Gasteiger partial charge in [0.2, 0.25) is 0 Å². The SMILES string of the molecule is COCc1cn(-c2cc(C)c(C#N)cn2)c2ncccc12. The van der Waals surface area contributed by atoms with Crippen molar-refractivity contribution in [2.75, 3.05) is 7.11 Å². The van der Waals surface area contributed by atoms with Crippen LogP contribution in [0.1, 0.15) is 16.7 Å². The maximum absolute atomic E-state index is 9.00. The van der Waals surface area contributed by atoms with Crippen molar-refractivity contribution >= 4 is 11.0 Å². The van der Waals surface area contributed by atoms with Crippen molar-refractivity contribution in [1.29, 1.82) is 5.26 Å². The first-order valence-electron chi connectivity index (χ1n) is 6.55. The smallest absolute Gasteiger partial charge is 0.145 e. The summed E-state index contributed by atoms with van der Waals surface area (Å²) >= 11 is 0. The molecule has 0 atom stereocenters. The molecule has 0 spiro atoms. The molecule has 104 valence electrons. The Kier molecular flexibility index (Phi) is 3.38. The molecule has 3 aromatic heterocycles. The van der Waals surface area contributed by atoms with Crippen LogP contribution in [0.15, 0.2) is 36.8 Å². The zero-order valence-electron chi connectivity index (χ0n) is 11.9. The highest BCUT2D eigenvalue weighted by Gasteiger charge is 2.12. The van der Waals surface area contributed by atoms with Gasteiger partial charge in [0, 0.05) is 36.7 Å². The van der Waals surface area contributed by atoms with Crippen molar-refractivity contribution in [2.24, 2.45) is 0 Å². The third kappa shape index (κ3) is 2.26. The molecular formula is C16H14N4O. The summed E-state index contributed by atoms with van der Waals surface area (Å²) in [6.45, 7) is 2.42. The molecule has 0 bridgehead atoms. The first-order chi connectivity index (χ1) is 10.2. The number of nitriles is 1. The molecule has 0 aromatic carbocycles. The first-order valence-corrected chi connectivity index (χ1v) is 6.55. The van der Waals surface area contributed by atoms with Crippen molar-refractivity contribution in [3.8, 4) is 11.9 Å². The fourth-order valence-electron chi connectivity index (χ4n) is 2.36. The van der Waals surface area contributed by atoms with E-state index in [1.165, 1.54) is 0 Å². The second-order valence-electron chi connectivity index (χ2n) is 4.80. The molecule has 0 aliphatic rings. The molecule has 0 saturated heterocycles. The fourth-order valence-corrected chi connectivity index (χ4v) is 2.36. The number of rotatable bonds is 3. The van der Waals surface area contributed by atoms with Crippen molar-refractivity contribution in [3.63, 3.8) is 0 Å². The second kappa shape index (κ2) is 5.35. The van der Waals surface area contributed by atoms with Gasteiger partial charge in [-0.2, -0.15) is 5.26 Å². The molecule has 3 aromatic rings. The van der Waals surface area contributed by atoms with Crippen LogP contribution in [-0.2, 0) is 11.3 Å². The van der Waals surface area contributed by atoms with E-state index in [4.69, 9.17) is 10.00 Å². The van der Waals surface area contributed by atoms with Gasteiger partial charge >= 0.3 is 0 Å². The Morgan fingerprint density at radius 1 is 1.38 bits per heavy atom. The molecule has 0 aliphatic carbocycles. The lowest BCUT2D eigenvalue weighted by Crippen LogP contribution is -1.99. The predicted octanol–water partition coefficient (Wildman–Crippen LogP) is 2.75. The zero-order chi connectivity index (χ0) is 14.8. The third-order valence-electron chi connectivity index (χ3n) is 3.41. The Bertz CT molecular complexity index is 845. The van der Waals surface area contributed by atoms with Crippen LogP contribution in [0, 0.1) is 18.3 Å². The van der Waals surface area contributed by atoms with Gasteiger partial charge in [-0.3, -0.25) is 4.57 Å². The molecule has 0 saturated carbocycles. The molecule has 0 fully saturated rings. The molecule has 0 N–H and O–H groups in total. The van der Waals surface area contributed by atoms with Crippen LogP contribution < -0.4 is 0 Å². The Hall–Kier alpha value is -2.71. The standard InChI is InChI=1S/C16H14N4O/c1-11-6-15(19-8-12(11)7-17)20-9-13(10-21-2)14-4-3-5-18-16(14)20/h3-6,8-9H,10H2,1-2H3. The highest BCUT2D eigenvalue weighted by Crippen LogP contribution is 2.23. The maximum atomic E-state index is 9.00. The van der Waals surface area contributed by atoms with Gasteiger partial charge in [0.1, 0.15) is 17.5 Å². The van der Waals surface area contributed by atoms with E-state index in [1.54, 1.807) is 19.5 Å². The topological polar surface area (TPSA) is 63.7 Å². The summed E-state index contributed by atoms with van der Waals surface area (Å²) < 4.78 is 7.17. The summed E-state index contributed by atoms with van der Waals surface area (Å²) in [6.07, 6.45) is 5.33. The van der Waals surface area contributed by atoms with Crippen LogP contribution >= 0.6 is 0 Å². The fraction of sp³-hybridized carbons (Fsp3) is 0.188. The van der Waals surface area contributed by atoms with Crippen LogP contribution in [0.25, 0.3) is 16.9 Å². The molecule has 0 unspecified atom stereocenters. The summed E-state index contributed by atoms with van der Waals surface area (Å²) in [5, 5.41) is 10.0. The number of aromatic nitrogens is 3. The quantitative estimate of drug-likeness (QED) is 0.739. The number of hydrogen-bond acceptors (Lipinski definition) is 4. The normalized spacial score (nSPS) is 10.7. The summed E-state index contributed by atoms with van der Waals surface area (Å²) in [5.74, 6) is 0.748. The van der Waals surface area contributed by atoms with Crippen molar-refractivity contribution in [2.45, 2.75) is 13.5 Å². The van der Waals surface area contributed by atoms with Gasteiger partial charge in [-0.25, -0.2) is 9.97 Å². The number of nitrogens with zero attached hydrogens (tertiary/aromatic N) is 4. The highest BCUT2D eigenvalue weighted by atomic mass is 16.5. The summed E-state index contributed by atoms with van der Waals surface area (Å²) in [5.41, 5.74) is 3.37. The molecule has 0 amide bonds. The van der Waals surface area contributed by atoms with Gasteiger partial charge in [-0.15, -0.1) is 0 Å². The average molecular weight is 278 g/mol. The van der Waals surface area contributed by atoms with Crippen LogP contribution in [0.2, 0.25) is 0 Å². The lowest BCUT2D eigenvalue weighted by Gasteiger charge is -2.05. The van der Waals surface area contributed by atoms with E-state index in [9.17, 15) is 0 Å². The number of aryl methyl sites for hydroxylation is 1. The minimum atomic E-state index is 0.518. The molecular weight excluding hydrogens is 264 g/mol. The molecule has 3 heterocycles. The van der Waals surface area contributed by atoms with Gasteiger partial charge < -0.3 is 4.74 Å². The van der Waals surface area contributed by atoms with E-state index >= 15 is 0 Å². The van der Waals surface area contributed by atoms with E-state index in [2.05, 4.69) is 16.0 Å². The van der Waals surface area contributed by atoms with Crippen molar-refractivity contribution in [3.05, 3.63) is 53.5 Å². The molecule has 0 aliphatic heterocycles. The Morgan fingerprint density at radius 2 is 2.24 bits per heavy atom. The monoisotopic (exact) mass is 278 g/mol. The highest BCUT2D eigenvalue weighted by molar-refractivity contribution is 5.81. The zero-order valence-corrected chi connectivity index (χ0v) is 11.9. The first kappa shape index (κ1) is 13.3. The molecule has 21 heavy (non-hydrogen) atoms. The van der Waals surface area contributed by atoms with Gasteiger partial charge in [0.15, 0.2) is 0 Å². The third-order valence-corrected chi connectivity index (χ3v) is 3.41. The van der Waals surface area contributed by atoms with E-state index < -0.39 is 0 Å². The van der Waals surface area contributed by atoms with Gasteiger partial charge in [-0.05, 0) is 30.7 Å². The molecule has 5 nitrogen and oxygen atoms in total.